The van der Waals surface area contributed by atoms with Crippen LogP contribution < -0.4 is 11.1 Å². The minimum absolute atomic E-state index is 0.177. The van der Waals surface area contributed by atoms with Crippen molar-refractivity contribution in [3.05, 3.63) is 51.5 Å². The maximum atomic E-state index is 12.0. The molecule has 3 N–H and O–H groups in total. The second-order valence-corrected chi connectivity index (χ2v) is 5.34. The van der Waals surface area contributed by atoms with Gasteiger partial charge >= 0.3 is 0 Å². The van der Waals surface area contributed by atoms with Gasteiger partial charge in [0.25, 0.3) is 5.91 Å². The summed E-state index contributed by atoms with van der Waals surface area (Å²) in [4.78, 5) is 17.4. The Morgan fingerprint density at radius 3 is 2.95 bits per heavy atom. The molecule has 0 radical (unpaired) electrons. The Bertz CT molecular complexity index is 665. The highest BCUT2D eigenvalue weighted by molar-refractivity contribution is 7.10. The predicted octanol–water partition coefficient (Wildman–Crippen LogP) is 1.95. The van der Waals surface area contributed by atoms with Gasteiger partial charge in [-0.3, -0.25) is 4.79 Å². The van der Waals surface area contributed by atoms with Gasteiger partial charge in [0.05, 0.1) is 13.1 Å². The Labute approximate surface area is 128 Å². The van der Waals surface area contributed by atoms with Gasteiger partial charge in [-0.05, 0) is 35.6 Å². The fraction of sp³-hybridized carbons (Fsp3) is 0.250. The van der Waals surface area contributed by atoms with E-state index < -0.39 is 0 Å². The molecule has 21 heavy (non-hydrogen) atoms. The first-order valence-electron chi connectivity index (χ1n) is 6.73. The van der Waals surface area contributed by atoms with Crippen molar-refractivity contribution in [2.75, 3.05) is 6.54 Å². The van der Waals surface area contributed by atoms with Crippen molar-refractivity contribution < 1.29 is 4.79 Å². The Hall–Kier alpha value is -2.16. The van der Waals surface area contributed by atoms with Crippen LogP contribution in [-0.4, -0.2) is 17.4 Å². The number of aromatic nitrogens is 1. The average molecular weight is 299 g/mol. The van der Waals surface area contributed by atoms with Gasteiger partial charge < -0.3 is 11.1 Å². The fourth-order valence-electron chi connectivity index (χ4n) is 1.84. The monoisotopic (exact) mass is 299 g/mol. The molecule has 2 heterocycles. The number of hydrogen-bond acceptors (Lipinski definition) is 4. The van der Waals surface area contributed by atoms with Crippen molar-refractivity contribution in [1.29, 1.82) is 0 Å². The molecule has 0 aliphatic rings. The molecule has 0 aromatic carbocycles. The number of pyridine rings is 1. The third-order valence-electron chi connectivity index (χ3n) is 2.96. The standard InChI is InChI=1S/C16H17N3OS/c1-2-13-7-9-21-15(13)11-19-16(20)14-6-5-12(10-18-14)4-3-8-17/h5-7,9-10H,2,8,11,17H2,1H3,(H,19,20). The van der Waals surface area contributed by atoms with Gasteiger partial charge in [-0.25, -0.2) is 4.98 Å². The lowest BCUT2D eigenvalue weighted by molar-refractivity contribution is 0.0946. The smallest absolute Gasteiger partial charge is 0.270 e. The summed E-state index contributed by atoms with van der Waals surface area (Å²) in [5.74, 6) is 5.44. The molecule has 2 aromatic heterocycles. The number of carbonyl (C=O) groups excluding carboxylic acids is 1. The Morgan fingerprint density at radius 1 is 1.43 bits per heavy atom. The van der Waals surface area contributed by atoms with Crippen molar-refractivity contribution in [1.82, 2.24) is 10.3 Å². The normalized spacial score (nSPS) is 9.81. The van der Waals surface area contributed by atoms with E-state index in [1.54, 1.807) is 29.7 Å². The molecule has 0 saturated heterocycles. The van der Waals surface area contributed by atoms with E-state index in [1.807, 2.05) is 5.38 Å². The molecule has 0 aliphatic carbocycles. The summed E-state index contributed by atoms with van der Waals surface area (Å²) in [5.41, 5.74) is 7.73. The second kappa shape index (κ2) is 7.58. The molecule has 0 spiro atoms. The molecule has 1 amide bonds. The van der Waals surface area contributed by atoms with Gasteiger partial charge in [0.1, 0.15) is 5.69 Å². The van der Waals surface area contributed by atoms with Gasteiger partial charge in [-0.1, -0.05) is 18.8 Å². The molecule has 0 saturated carbocycles. The van der Waals surface area contributed by atoms with Gasteiger partial charge in [0.2, 0.25) is 0 Å². The van der Waals surface area contributed by atoms with E-state index >= 15 is 0 Å². The van der Waals surface area contributed by atoms with Crippen LogP contribution in [0.15, 0.2) is 29.8 Å². The predicted molar refractivity (Wildman–Crippen MR) is 85.0 cm³/mol. The molecule has 0 bridgehead atoms. The molecule has 0 aliphatic heterocycles. The van der Waals surface area contributed by atoms with E-state index in [1.165, 1.54) is 10.4 Å². The lowest BCUT2D eigenvalue weighted by Gasteiger charge is -2.05. The van der Waals surface area contributed by atoms with E-state index in [0.29, 0.717) is 18.8 Å². The molecular weight excluding hydrogens is 282 g/mol. The van der Waals surface area contributed by atoms with Gasteiger partial charge in [-0.15, -0.1) is 11.3 Å². The molecule has 108 valence electrons. The number of nitrogens with two attached hydrogens (primary N) is 1. The topological polar surface area (TPSA) is 68.0 Å². The minimum atomic E-state index is -0.177. The van der Waals surface area contributed by atoms with Crippen LogP contribution in [-0.2, 0) is 13.0 Å². The first-order valence-corrected chi connectivity index (χ1v) is 7.61. The summed E-state index contributed by atoms with van der Waals surface area (Å²) in [6.07, 6.45) is 2.56. The Morgan fingerprint density at radius 2 is 2.29 bits per heavy atom. The Balaban J connectivity index is 1.97. The quantitative estimate of drug-likeness (QED) is 0.848. The van der Waals surface area contributed by atoms with Crippen LogP contribution in [0.1, 0.15) is 33.4 Å². The number of nitrogens with zero attached hydrogens (tertiary/aromatic N) is 1. The number of hydrogen-bond donors (Lipinski definition) is 2. The zero-order chi connectivity index (χ0) is 15.1. The van der Waals surface area contributed by atoms with E-state index in [0.717, 1.165) is 12.0 Å². The van der Waals surface area contributed by atoms with Crippen molar-refractivity contribution >= 4 is 17.2 Å². The highest BCUT2D eigenvalue weighted by Gasteiger charge is 2.08. The molecule has 2 aromatic rings. The summed E-state index contributed by atoms with van der Waals surface area (Å²) in [6.45, 7) is 2.95. The molecular formula is C16H17N3OS. The van der Waals surface area contributed by atoms with E-state index in [2.05, 4.69) is 35.1 Å². The summed E-state index contributed by atoms with van der Waals surface area (Å²) >= 11 is 1.66. The summed E-state index contributed by atoms with van der Waals surface area (Å²) in [7, 11) is 0. The van der Waals surface area contributed by atoms with Crippen LogP contribution in [0.5, 0.6) is 0 Å². The van der Waals surface area contributed by atoms with Crippen molar-refractivity contribution in [2.24, 2.45) is 5.73 Å². The summed E-state index contributed by atoms with van der Waals surface area (Å²) in [6, 6.07) is 5.54. The van der Waals surface area contributed by atoms with Crippen LogP contribution >= 0.6 is 11.3 Å². The Kier molecular flexibility index (Phi) is 5.50. The van der Waals surface area contributed by atoms with Gasteiger partial charge in [-0.2, -0.15) is 0 Å². The first-order chi connectivity index (χ1) is 10.2. The van der Waals surface area contributed by atoms with E-state index in [4.69, 9.17) is 5.73 Å². The van der Waals surface area contributed by atoms with Crippen LogP contribution in [0.25, 0.3) is 0 Å². The van der Waals surface area contributed by atoms with Crippen LogP contribution in [0.4, 0.5) is 0 Å². The second-order valence-electron chi connectivity index (χ2n) is 4.34. The van der Waals surface area contributed by atoms with E-state index in [-0.39, 0.29) is 5.91 Å². The molecule has 4 nitrogen and oxygen atoms in total. The maximum Gasteiger partial charge on any atom is 0.270 e. The zero-order valence-electron chi connectivity index (χ0n) is 11.8. The third-order valence-corrected chi connectivity index (χ3v) is 3.92. The van der Waals surface area contributed by atoms with Gasteiger partial charge in [0.15, 0.2) is 0 Å². The number of carbonyl (C=O) groups is 1. The van der Waals surface area contributed by atoms with Gasteiger partial charge in [0, 0.05) is 16.6 Å². The lowest BCUT2D eigenvalue weighted by Crippen LogP contribution is -2.23. The van der Waals surface area contributed by atoms with Crippen molar-refractivity contribution in [2.45, 2.75) is 19.9 Å². The fourth-order valence-corrected chi connectivity index (χ4v) is 2.76. The number of amides is 1. The summed E-state index contributed by atoms with van der Waals surface area (Å²) < 4.78 is 0. The highest BCUT2D eigenvalue weighted by Crippen LogP contribution is 2.17. The number of thiophene rings is 1. The zero-order valence-corrected chi connectivity index (χ0v) is 12.7. The maximum absolute atomic E-state index is 12.0. The summed E-state index contributed by atoms with van der Waals surface area (Å²) in [5, 5.41) is 4.94. The average Bonchev–Trinajstić information content (AvgIpc) is 2.98. The van der Waals surface area contributed by atoms with Crippen LogP contribution in [0.2, 0.25) is 0 Å². The number of aryl methyl sites for hydroxylation is 1. The molecule has 5 heteroatoms. The lowest BCUT2D eigenvalue weighted by atomic mass is 10.2. The molecule has 2 rings (SSSR count). The molecule has 0 atom stereocenters. The minimum Gasteiger partial charge on any atom is -0.346 e. The van der Waals surface area contributed by atoms with Crippen LogP contribution in [0, 0.1) is 11.8 Å². The largest absolute Gasteiger partial charge is 0.346 e. The van der Waals surface area contributed by atoms with E-state index in [9.17, 15) is 4.79 Å². The van der Waals surface area contributed by atoms with Crippen LogP contribution in [0.3, 0.4) is 0 Å². The third kappa shape index (κ3) is 4.15. The molecule has 0 fully saturated rings. The molecule has 0 unspecified atom stereocenters. The van der Waals surface area contributed by atoms with Crippen molar-refractivity contribution in [3.63, 3.8) is 0 Å². The number of nitrogens with one attached hydrogen (secondary N) is 1. The SMILES string of the molecule is CCc1ccsc1CNC(=O)c1ccc(C#CCN)cn1. The number of rotatable bonds is 4. The van der Waals surface area contributed by atoms with Crippen molar-refractivity contribution in [3.8, 4) is 11.8 Å². The highest BCUT2D eigenvalue weighted by atomic mass is 32.1. The first kappa shape index (κ1) is 15.2.